The van der Waals surface area contributed by atoms with Crippen molar-refractivity contribution in [1.29, 1.82) is 0 Å². The third-order valence-electron chi connectivity index (χ3n) is 5.95. The minimum absolute atomic E-state index is 0.229. The number of aromatic hydroxyl groups is 1. The summed E-state index contributed by atoms with van der Waals surface area (Å²) in [4.78, 5) is 14.2. The number of aryl methyl sites for hydroxylation is 1. The number of phenols is 1. The van der Waals surface area contributed by atoms with Gasteiger partial charge in [-0.3, -0.25) is 0 Å². The van der Waals surface area contributed by atoms with E-state index in [0.717, 1.165) is 55.5 Å². The Labute approximate surface area is 183 Å². The van der Waals surface area contributed by atoms with E-state index in [1.54, 1.807) is 12.1 Å². The molecule has 4 rings (SSSR count). The maximum absolute atomic E-state index is 9.58. The minimum Gasteiger partial charge on any atom is -0.508 e. The van der Waals surface area contributed by atoms with Crippen molar-refractivity contribution in [3.05, 3.63) is 30.6 Å². The van der Waals surface area contributed by atoms with Crippen LogP contribution in [0.3, 0.4) is 0 Å². The third-order valence-corrected chi connectivity index (χ3v) is 5.95. The molecule has 8 nitrogen and oxygen atoms in total. The van der Waals surface area contributed by atoms with Gasteiger partial charge in [-0.15, -0.1) is 0 Å². The summed E-state index contributed by atoms with van der Waals surface area (Å²) in [6.45, 7) is 3.11. The third kappa shape index (κ3) is 5.44. The molecular formula is C23H33N7O. The number of nitrogens with one attached hydrogen (secondary N) is 2. The fourth-order valence-electron chi connectivity index (χ4n) is 4.10. The van der Waals surface area contributed by atoms with Crippen molar-refractivity contribution in [2.24, 2.45) is 5.73 Å². The Hall–Kier alpha value is -2.87. The van der Waals surface area contributed by atoms with Crippen molar-refractivity contribution in [3.8, 4) is 5.75 Å². The van der Waals surface area contributed by atoms with E-state index >= 15 is 0 Å². The lowest BCUT2D eigenvalue weighted by Crippen LogP contribution is -2.33. The first kappa shape index (κ1) is 21.4. The summed E-state index contributed by atoms with van der Waals surface area (Å²) < 4.78 is 2.12. The molecule has 0 aliphatic heterocycles. The number of hydrogen-bond acceptors (Lipinski definition) is 7. The fraction of sp³-hybridized carbons (Fsp3) is 0.522. The average molecular weight is 424 g/mol. The molecule has 166 valence electrons. The molecule has 1 saturated carbocycles. The Balaban J connectivity index is 1.61. The van der Waals surface area contributed by atoms with Gasteiger partial charge in [0.2, 0.25) is 5.95 Å². The molecule has 1 aromatic carbocycles. The molecule has 0 unspecified atom stereocenters. The van der Waals surface area contributed by atoms with Gasteiger partial charge in [0.1, 0.15) is 5.75 Å². The van der Waals surface area contributed by atoms with Crippen LogP contribution in [0.15, 0.2) is 30.6 Å². The van der Waals surface area contributed by atoms with Gasteiger partial charge in [0.15, 0.2) is 17.0 Å². The smallest absolute Gasteiger partial charge is 0.227 e. The number of aromatic nitrogens is 4. The van der Waals surface area contributed by atoms with Gasteiger partial charge in [-0.25, -0.2) is 4.98 Å². The van der Waals surface area contributed by atoms with Gasteiger partial charge in [-0.05, 0) is 56.4 Å². The topological polar surface area (TPSA) is 114 Å². The van der Waals surface area contributed by atoms with Crippen LogP contribution in [0.2, 0.25) is 0 Å². The van der Waals surface area contributed by atoms with E-state index in [4.69, 9.17) is 15.7 Å². The zero-order chi connectivity index (χ0) is 21.6. The Morgan fingerprint density at radius 2 is 1.84 bits per heavy atom. The highest BCUT2D eigenvalue weighted by Gasteiger charge is 2.21. The van der Waals surface area contributed by atoms with E-state index in [-0.39, 0.29) is 5.75 Å². The maximum Gasteiger partial charge on any atom is 0.227 e. The first-order chi connectivity index (χ1) is 15.1. The second-order valence-corrected chi connectivity index (χ2v) is 8.49. The van der Waals surface area contributed by atoms with E-state index in [0.29, 0.717) is 23.8 Å². The lowest BCUT2D eigenvalue weighted by Gasteiger charge is -2.26. The Kier molecular flexibility index (Phi) is 6.86. The molecular weight excluding hydrogens is 390 g/mol. The molecule has 31 heavy (non-hydrogen) atoms. The number of nitrogens with two attached hydrogens (primary N) is 1. The van der Waals surface area contributed by atoms with Crippen molar-refractivity contribution < 1.29 is 5.11 Å². The van der Waals surface area contributed by atoms with Crippen LogP contribution >= 0.6 is 0 Å². The summed E-state index contributed by atoms with van der Waals surface area (Å²) in [5, 5.41) is 16.4. The summed E-state index contributed by atoms with van der Waals surface area (Å²) in [6, 6.07) is 7.58. The highest BCUT2D eigenvalue weighted by atomic mass is 16.3. The van der Waals surface area contributed by atoms with Gasteiger partial charge in [0, 0.05) is 24.3 Å². The highest BCUT2D eigenvalue weighted by molar-refractivity contribution is 5.86. The SMILES string of the molecule is CCCCCCn1cnc2c(Nc3ccc(O)cc3)nc(NC3CCC(N)CC3)nc21. The number of benzene rings is 1. The van der Waals surface area contributed by atoms with Gasteiger partial charge < -0.3 is 26.0 Å². The standard InChI is InChI=1S/C23H33N7O/c1-2-3-4-5-14-30-15-25-20-21(26-17-10-12-19(31)13-11-17)28-23(29-22(20)30)27-18-8-6-16(24)7-9-18/h10-13,15-16,18,31H,2-9,14,24H2,1H3,(H2,26,27,28,29). The number of nitrogens with zero attached hydrogens (tertiary/aromatic N) is 4. The molecule has 2 heterocycles. The number of fused-ring (bicyclic) bond motifs is 1. The lowest BCUT2D eigenvalue weighted by atomic mass is 9.92. The average Bonchev–Trinajstić information content (AvgIpc) is 3.18. The van der Waals surface area contributed by atoms with Crippen LogP contribution in [0.4, 0.5) is 17.5 Å². The molecule has 0 amide bonds. The second kappa shape index (κ2) is 9.96. The number of phenolic OH excluding ortho intramolecular Hbond substituents is 1. The summed E-state index contributed by atoms with van der Waals surface area (Å²) >= 11 is 0. The summed E-state index contributed by atoms with van der Waals surface area (Å²) in [6.07, 6.45) is 10.7. The molecule has 2 aromatic heterocycles. The first-order valence-electron chi connectivity index (χ1n) is 11.4. The van der Waals surface area contributed by atoms with Crippen molar-refractivity contribution >= 4 is 28.6 Å². The fourth-order valence-corrected chi connectivity index (χ4v) is 4.10. The Morgan fingerprint density at radius 3 is 2.58 bits per heavy atom. The first-order valence-corrected chi connectivity index (χ1v) is 11.4. The predicted molar refractivity (Wildman–Crippen MR) is 125 cm³/mol. The van der Waals surface area contributed by atoms with E-state index in [9.17, 15) is 5.11 Å². The van der Waals surface area contributed by atoms with E-state index in [2.05, 4.69) is 27.1 Å². The molecule has 0 spiro atoms. The van der Waals surface area contributed by atoms with E-state index in [1.807, 2.05) is 18.5 Å². The number of rotatable bonds is 9. The van der Waals surface area contributed by atoms with Crippen LogP contribution in [-0.2, 0) is 6.54 Å². The zero-order valence-corrected chi connectivity index (χ0v) is 18.2. The van der Waals surface area contributed by atoms with Crippen molar-refractivity contribution in [2.45, 2.75) is 76.9 Å². The Bertz CT molecular complexity index is 978. The predicted octanol–water partition coefficient (Wildman–Crippen LogP) is 4.54. The van der Waals surface area contributed by atoms with E-state index in [1.165, 1.54) is 19.3 Å². The minimum atomic E-state index is 0.229. The largest absolute Gasteiger partial charge is 0.508 e. The Morgan fingerprint density at radius 1 is 1.06 bits per heavy atom. The zero-order valence-electron chi connectivity index (χ0n) is 18.2. The van der Waals surface area contributed by atoms with Gasteiger partial charge in [0.05, 0.1) is 6.33 Å². The van der Waals surface area contributed by atoms with Crippen LogP contribution in [0.25, 0.3) is 11.2 Å². The van der Waals surface area contributed by atoms with Gasteiger partial charge in [-0.1, -0.05) is 26.2 Å². The molecule has 5 N–H and O–H groups in total. The molecule has 1 aliphatic rings. The number of hydrogen-bond donors (Lipinski definition) is 4. The van der Waals surface area contributed by atoms with Gasteiger partial charge in [0.25, 0.3) is 0 Å². The summed E-state index contributed by atoms with van der Waals surface area (Å²) in [5.74, 6) is 1.51. The highest BCUT2D eigenvalue weighted by Crippen LogP contribution is 2.27. The monoisotopic (exact) mass is 423 g/mol. The normalized spacial score (nSPS) is 18.9. The molecule has 0 atom stereocenters. The molecule has 0 radical (unpaired) electrons. The second-order valence-electron chi connectivity index (χ2n) is 8.49. The maximum atomic E-state index is 9.58. The molecule has 0 bridgehead atoms. The van der Waals surface area contributed by atoms with Crippen LogP contribution in [0.5, 0.6) is 5.75 Å². The quantitative estimate of drug-likeness (QED) is 0.295. The van der Waals surface area contributed by atoms with Crippen molar-refractivity contribution in [1.82, 2.24) is 19.5 Å². The molecule has 3 aromatic rings. The molecule has 0 saturated heterocycles. The van der Waals surface area contributed by atoms with Gasteiger partial charge in [-0.2, -0.15) is 9.97 Å². The van der Waals surface area contributed by atoms with E-state index < -0.39 is 0 Å². The lowest BCUT2D eigenvalue weighted by molar-refractivity contribution is 0.410. The number of imidazole rings is 1. The number of unbranched alkanes of at least 4 members (excludes halogenated alkanes) is 3. The summed E-state index contributed by atoms with van der Waals surface area (Å²) in [5.41, 5.74) is 8.48. The molecule has 1 fully saturated rings. The van der Waals surface area contributed by atoms with Crippen molar-refractivity contribution in [3.63, 3.8) is 0 Å². The molecule has 1 aliphatic carbocycles. The van der Waals surface area contributed by atoms with Gasteiger partial charge >= 0.3 is 0 Å². The van der Waals surface area contributed by atoms with Crippen LogP contribution in [0.1, 0.15) is 58.3 Å². The number of anilines is 3. The van der Waals surface area contributed by atoms with Crippen LogP contribution in [0, 0.1) is 0 Å². The van der Waals surface area contributed by atoms with Crippen LogP contribution < -0.4 is 16.4 Å². The van der Waals surface area contributed by atoms with Crippen molar-refractivity contribution in [2.75, 3.05) is 10.6 Å². The summed E-state index contributed by atoms with van der Waals surface area (Å²) in [7, 11) is 0. The molecule has 8 heteroatoms. The van der Waals surface area contributed by atoms with Crippen LogP contribution in [-0.4, -0.2) is 36.7 Å².